The highest BCUT2D eigenvalue weighted by Gasteiger charge is 2.06. The normalized spacial score (nSPS) is 9.83. The van der Waals surface area contributed by atoms with E-state index in [4.69, 9.17) is 5.11 Å². The Labute approximate surface area is 74.5 Å². The van der Waals surface area contributed by atoms with E-state index in [0.717, 1.165) is 5.13 Å². The Morgan fingerprint density at radius 1 is 1.75 bits per heavy atom. The first-order valence-electron chi connectivity index (χ1n) is 3.43. The van der Waals surface area contributed by atoms with Crippen LogP contribution in [-0.2, 0) is 11.2 Å². The number of hydrogen-bond acceptors (Lipinski definition) is 4. The maximum atomic E-state index is 10.3. The summed E-state index contributed by atoms with van der Waals surface area (Å²) in [7, 11) is 3.76. The summed E-state index contributed by atoms with van der Waals surface area (Å²) in [4.78, 5) is 16.3. The molecule has 1 aromatic heterocycles. The van der Waals surface area contributed by atoms with Crippen LogP contribution in [-0.4, -0.2) is 30.2 Å². The van der Waals surface area contributed by atoms with Crippen molar-refractivity contribution < 1.29 is 9.90 Å². The molecule has 0 atom stereocenters. The van der Waals surface area contributed by atoms with Gasteiger partial charge in [-0.1, -0.05) is 0 Å². The largest absolute Gasteiger partial charge is 0.481 e. The lowest BCUT2D eigenvalue weighted by Gasteiger charge is -2.05. The number of aliphatic carboxylic acids is 1. The molecule has 0 fully saturated rings. The second-order valence-corrected chi connectivity index (χ2v) is 3.42. The van der Waals surface area contributed by atoms with Gasteiger partial charge in [0.2, 0.25) is 0 Å². The van der Waals surface area contributed by atoms with Gasteiger partial charge in [-0.2, -0.15) is 0 Å². The van der Waals surface area contributed by atoms with Crippen LogP contribution in [0.25, 0.3) is 0 Å². The Balaban J connectivity index is 2.70. The van der Waals surface area contributed by atoms with Gasteiger partial charge in [-0.25, -0.2) is 4.98 Å². The van der Waals surface area contributed by atoms with Crippen molar-refractivity contribution in [2.24, 2.45) is 0 Å². The van der Waals surface area contributed by atoms with Crippen molar-refractivity contribution in [2.45, 2.75) is 6.42 Å². The molecule has 12 heavy (non-hydrogen) atoms. The van der Waals surface area contributed by atoms with Crippen molar-refractivity contribution in [3.8, 4) is 0 Å². The minimum Gasteiger partial charge on any atom is -0.481 e. The topological polar surface area (TPSA) is 53.4 Å². The van der Waals surface area contributed by atoms with Crippen LogP contribution in [0.1, 0.15) is 5.69 Å². The Bertz CT molecular complexity index is 283. The van der Waals surface area contributed by atoms with Crippen LogP contribution in [0.15, 0.2) is 5.38 Å². The van der Waals surface area contributed by atoms with Gasteiger partial charge in [0, 0.05) is 19.5 Å². The molecule has 1 heterocycles. The Hall–Kier alpha value is -1.10. The van der Waals surface area contributed by atoms with Gasteiger partial charge < -0.3 is 10.0 Å². The second-order valence-electron chi connectivity index (χ2n) is 2.59. The van der Waals surface area contributed by atoms with Crippen molar-refractivity contribution in [2.75, 3.05) is 19.0 Å². The monoisotopic (exact) mass is 186 g/mol. The third-order valence-corrected chi connectivity index (χ3v) is 2.31. The summed E-state index contributed by atoms with van der Waals surface area (Å²) in [5.74, 6) is -0.842. The van der Waals surface area contributed by atoms with Gasteiger partial charge in [0.1, 0.15) is 0 Å². The summed E-state index contributed by atoms with van der Waals surface area (Å²) >= 11 is 1.45. The molecule has 66 valence electrons. The minimum atomic E-state index is -0.842. The first kappa shape index (κ1) is 8.99. The molecule has 1 rings (SSSR count). The number of carboxylic acid groups (broad SMARTS) is 1. The molecule has 0 aliphatic heterocycles. The van der Waals surface area contributed by atoms with Gasteiger partial charge in [0.25, 0.3) is 0 Å². The minimum absolute atomic E-state index is 0.00431. The molecule has 1 N–H and O–H groups in total. The number of hydrogen-bond donors (Lipinski definition) is 1. The maximum absolute atomic E-state index is 10.3. The molecule has 0 aromatic carbocycles. The molecule has 0 radical (unpaired) electrons. The number of anilines is 1. The van der Waals surface area contributed by atoms with Crippen molar-refractivity contribution >= 4 is 22.4 Å². The van der Waals surface area contributed by atoms with Crippen molar-refractivity contribution in [3.05, 3.63) is 11.1 Å². The van der Waals surface area contributed by atoms with E-state index >= 15 is 0 Å². The average molecular weight is 186 g/mol. The fourth-order valence-corrected chi connectivity index (χ4v) is 1.50. The van der Waals surface area contributed by atoms with E-state index in [9.17, 15) is 4.79 Å². The van der Waals surface area contributed by atoms with Gasteiger partial charge in [0.15, 0.2) is 5.13 Å². The second kappa shape index (κ2) is 3.53. The van der Waals surface area contributed by atoms with E-state index in [1.165, 1.54) is 11.3 Å². The van der Waals surface area contributed by atoms with Crippen molar-refractivity contribution in [1.82, 2.24) is 4.98 Å². The van der Waals surface area contributed by atoms with Gasteiger partial charge >= 0.3 is 5.97 Å². The van der Waals surface area contributed by atoms with Gasteiger partial charge in [-0.05, 0) is 0 Å². The zero-order chi connectivity index (χ0) is 9.14. The first-order chi connectivity index (χ1) is 5.59. The molecular formula is C7H10N2O2S. The van der Waals surface area contributed by atoms with Crippen molar-refractivity contribution in [3.63, 3.8) is 0 Å². The molecule has 0 aliphatic carbocycles. The molecule has 1 aromatic rings. The number of nitrogens with zero attached hydrogens (tertiary/aromatic N) is 2. The van der Waals surface area contributed by atoms with Crippen LogP contribution < -0.4 is 4.90 Å². The summed E-state index contributed by atoms with van der Waals surface area (Å²) in [5.41, 5.74) is 0.621. The standard InChI is InChI=1S/C7H10N2O2S/c1-9(2)7-8-5(4-12-7)3-6(10)11/h4H,3H2,1-2H3,(H,10,11). The molecule has 0 bridgehead atoms. The van der Waals surface area contributed by atoms with Crippen LogP contribution in [0.2, 0.25) is 0 Å². The molecule has 0 spiro atoms. The third-order valence-electron chi connectivity index (χ3n) is 1.25. The number of thiazole rings is 1. The number of carboxylic acids is 1. The predicted molar refractivity (Wildman–Crippen MR) is 47.8 cm³/mol. The fraction of sp³-hybridized carbons (Fsp3) is 0.429. The fourth-order valence-electron chi connectivity index (χ4n) is 0.738. The summed E-state index contributed by atoms with van der Waals surface area (Å²) < 4.78 is 0. The van der Waals surface area contributed by atoms with E-state index in [2.05, 4.69) is 4.98 Å². The summed E-state index contributed by atoms with van der Waals surface area (Å²) in [6.07, 6.45) is 0.00431. The average Bonchev–Trinajstić information content (AvgIpc) is 2.34. The van der Waals surface area contributed by atoms with Crippen LogP contribution in [0.4, 0.5) is 5.13 Å². The Morgan fingerprint density at radius 3 is 2.83 bits per heavy atom. The molecule has 0 aliphatic rings. The van der Waals surface area contributed by atoms with Crippen LogP contribution in [0.3, 0.4) is 0 Å². The molecule has 0 saturated heterocycles. The molecule has 0 saturated carbocycles. The number of rotatable bonds is 3. The number of carbonyl (C=O) groups is 1. The lowest BCUT2D eigenvalue weighted by Crippen LogP contribution is -2.08. The highest BCUT2D eigenvalue weighted by molar-refractivity contribution is 7.13. The summed E-state index contributed by atoms with van der Waals surface area (Å²) in [6, 6.07) is 0. The molecule has 0 amide bonds. The van der Waals surface area contributed by atoms with Gasteiger partial charge in [-0.3, -0.25) is 4.79 Å². The molecule has 5 heteroatoms. The van der Waals surface area contributed by atoms with E-state index in [-0.39, 0.29) is 6.42 Å². The summed E-state index contributed by atoms with van der Waals surface area (Å²) in [5, 5.41) is 11.1. The smallest absolute Gasteiger partial charge is 0.309 e. The third kappa shape index (κ3) is 2.20. The number of aromatic nitrogens is 1. The van der Waals surface area contributed by atoms with E-state index in [1.54, 1.807) is 5.38 Å². The van der Waals surface area contributed by atoms with Gasteiger partial charge in [0.05, 0.1) is 12.1 Å². The summed E-state index contributed by atoms with van der Waals surface area (Å²) in [6.45, 7) is 0. The van der Waals surface area contributed by atoms with E-state index in [1.807, 2.05) is 19.0 Å². The lowest BCUT2D eigenvalue weighted by atomic mass is 10.3. The highest BCUT2D eigenvalue weighted by atomic mass is 32.1. The van der Waals surface area contributed by atoms with Crippen LogP contribution in [0, 0.1) is 0 Å². The zero-order valence-corrected chi connectivity index (χ0v) is 7.76. The molecule has 0 unspecified atom stereocenters. The van der Waals surface area contributed by atoms with E-state index < -0.39 is 5.97 Å². The predicted octanol–water partition coefficient (Wildman–Crippen LogP) is 0.836. The van der Waals surface area contributed by atoms with E-state index in [0.29, 0.717) is 5.69 Å². The van der Waals surface area contributed by atoms with Crippen molar-refractivity contribution in [1.29, 1.82) is 0 Å². The SMILES string of the molecule is CN(C)c1nc(CC(=O)O)cs1. The zero-order valence-electron chi connectivity index (χ0n) is 6.94. The Morgan fingerprint density at radius 2 is 2.42 bits per heavy atom. The highest BCUT2D eigenvalue weighted by Crippen LogP contribution is 2.17. The quantitative estimate of drug-likeness (QED) is 0.760. The first-order valence-corrected chi connectivity index (χ1v) is 4.31. The molecular weight excluding hydrogens is 176 g/mol. The Kier molecular flexibility index (Phi) is 2.65. The van der Waals surface area contributed by atoms with Crippen LogP contribution in [0.5, 0.6) is 0 Å². The molecule has 4 nitrogen and oxygen atoms in total. The maximum Gasteiger partial charge on any atom is 0.309 e. The lowest BCUT2D eigenvalue weighted by molar-refractivity contribution is -0.136. The van der Waals surface area contributed by atoms with Crippen LogP contribution >= 0.6 is 11.3 Å². The van der Waals surface area contributed by atoms with Gasteiger partial charge in [-0.15, -0.1) is 11.3 Å².